The van der Waals surface area contributed by atoms with E-state index in [1.807, 2.05) is 10.6 Å². The molecule has 5 atom stereocenters. The number of carboxylic acid groups (broad SMARTS) is 2. The van der Waals surface area contributed by atoms with Crippen molar-refractivity contribution in [1.29, 1.82) is 0 Å². The molecule has 0 aliphatic carbocycles. The second-order valence-electron chi connectivity index (χ2n) is 6.24. The second kappa shape index (κ2) is 12.6. The molecular weight excluding hydrogens is 426 g/mol. The lowest BCUT2D eigenvalue weighted by Gasteiger charge is -2.24. The summed E-state index contributed by atoms with van der Waals surface area (Å²) in [6.07, 6.45) is -2.94. The zero-order valence-electron chi connectivity index (χ0n) is 15.9. The van der Waals surface area contributed by atoms with E-state index in [0.29, 0.717) is 0 Å². The molecule has 5 unspecified atom stereocenters. The zero-order valence-corrected chi connectivity index (χ0v) is 16.8. The van der Waals surface area contributed by atoms with E-state index in [1.54, 1.807) is 0 Å². The first-order valence-corrected chi connectivity index (χ1v) is 9.11. The van der Waals surface area contributed by atoms with Crippen molar-refractivity contribution in [2.45, 2.75) is 50.0 Å². The van der Waals surface area contributed by atoms with Gasteiger partial charge in [-0.15, -0.1) is 0 Å². The number of nitrogens with two attached hydrogens (primary N) is 2. The number of hydrogen-bond acceptors (Lipinski definition) is 9. The number of nitrogens with one attached hydrogen (secondary N) is 3. The average molecular weight is 451 g/mol. The molecule has 170 valence electrons. The summed E-state index contributed by atoms with van der Waals surface area (Å²) < 4.78 is 0. The van der Waals surface area contributed by atoms with Crippen LogP contribution in [0.25, 0.3) is 0 Å². The minimum Gasteiger partial charge on any atom is -0.481 e. The van der Waals surface area contributed by atoms with Gasteiger partial charge in [-0.3, -0.25) is 24.0 Å². The summed E-state index contributed by atoms with van der Waals surface area (Å²) >= 11 is 3.75. The molecule has 0 heterocycles. The Hall–Kier alpha value is -2.91. The minimum absolute atomic E-state index is 0.313. The van der Waals surface area contributed by atoms with Crippen molar-refractivity contribution >= 4 is 48.2 Å². The van der Waals surface area contributed by atoms with Crippen LogP contribution in [0, 0.1) is 0 Å². The molecule has 10 N–H and O–H groups in total. The van der Waals surface area contributed by atoms with Crippen LogP contribution in [0.2, 0.25) is 0 Å². The van der Waals surface area contributed by atoms with Crippen LogP contribution in [0.5, 0.6) is 0 Å². The number of amides is 4. The number of carbonyl (C=O) groups excluding carboxylic acids is 4. The van der Waals surface area contributed by atoms with Crippen molar-refractivity contribution in [2.24, 2.45) is 11.5 Å². The van der Waals surface area contributed by atoms with Gasteiger partial charge in [0.2, 0.25) is 23.6 Å². The van der Waals surface area contributed by atoms with Gasteiger partial charge in [0.15, 0.2) is 0 Å². The van der Waals surface area contributed by atoms with E-state index in [-0.39, 0.29) is 5.75 Å². The molecule has 15 heteroatoms. The van der Waals surface area contributed by atoms with Gasteiger partial charge in [0.25, 0.3) is 0 Å². The van der Waals surface area contributed by atoms with E-state index in [4.69, 9.17) is 21.7 Å². The third-order valence-electron chi connectivity index (χ3n) is 3.67. The SMILES string of the molecule is CC(O)C(N)C(=O)NC(CC(N)=O)C(=O)NC(CC(=O)O)C(=O)NC(CS)C(=O)O. The van der Waals surface area contributed by atoms with Gasteiger partial charge < -0.3 is 42.7 Å². The highest BCUT2D eigenvalue weighted by Gasteiger charge is 2.32. The van der Waals surface area contributed by atoms with Crippen molar-refractivity contribution < 1.29 is 44.1 Å². The zero-order chi connectivity index (χ0) is 23.6. The molecule has 4 amide bonds. The number of aliphatic hydroxyl groups excluding tert-OH is 1. The van der Waals surface area contributed by atoms with Crippen LogP contribution < -0.4 is 27.4 Å². The highest BCUT2D eigenvalue weighted by Crippen LogP contribution is 2.01. The summed E-state index contributed by atoms with van der Waals surface area (Å²) in [5.74, 6) is -7.57. The number of aliphatic hydroxyl groups is 1. The topological polar surface area (TPSA) is 251 Å². The minimum atomic E-state index is -1.74. The number of thiol groups is 1. The lowest BCUT2D eigenvalue weighted by atomic mass is 10.1. The van der Waals surface area contributed by atoms with Crippen molar-refractivity contribution in [2.75, 3.05) is 5.75 Å². The van der Waals surface area contributed by atoms with Crippen LogP contribution in [-0.2, 0) is 28.8 Å². The molecule has 0 aliphatic heterocycles. The normalized spacial score (nSPS) is 15.6. The Labute approximate surface area is 176 Å². The van der Waals surface area contributed by atoms with Gasteiger partial charge in [0.1, 0.15) is 24.2 Å². The molecule has 0 saturated heterocycles. The lowest BCUT2D eigenvalue weighted by Crippen LogP contribution is -2.59. The van der Waals surface area contributed by atoms with Gasteiger partial charge in [0, 0.05) is 5.75 Å². The van der Waals surface area contributed by atoms with Crippen molar-refractivity contribution in [3.8, 4) is 0 Å². The molecule has 30 heavy (non-hydrogen) atoms. The standard InChI is InChI=1S/C15H25N5O9S/c1-5(21)11(17)14(27)19-6(2-9(16)22)12(25)18-7(3-10(23)24)13(26)20-8(4-30)15(28)29/h5-8,11,21,30H,2-4,17H2,1H3,(H2,16,22)(H,18,25)(H,19,27)(H,20,26)(H,23,24)(H,28,29). The van der Waals surface area contributed by atoms with E-state index >= 15 is 0 Å². The monoisotopic (exact) mass is 451 g/mol. The van der Waals surface area contributed by atoms with Crippen LogP contribution in [0.4, 0.5) is 0 Å². The van der Waals surface area contributed by atoms with E-state index in [1.165, 1.54) is 6.92 Å². The number of rotatable bonds is 13. The Morgan fingerprint density at radius 2 is 1.30 bits per heavy atom. The van der Waals surface area contributed by atoms with Gasteiger partial charge in [-0.1, -0.05) is 0 Å². The smallest absolute Gasteiger partial charge is 0.327 e. The van der Waals surface area contributed by atoms with Crippen LogP contribution in [0.15, 0.2) is 0 Å². The molecule has 0 fully saturated rings. The van der Waals surface area contributed by atoms with Crippen LogP contribution >= 0.6 is 12.6 Å². The molecule has 0 rings (SSSR count). The molecular formula is C15H25N5O9S. The maximum Gasteiger partial charge on any atom is 0.327 e. The van der Waals surface area contributed by atoms with Gasteiger partial charge >= 0.3 is 11.9 Å². The predicted octanol–water partition coefficient (Wildman–Crippen LogP) is -4.49. The van der Waals surface area contributed by atoms with Crippen LogP contribution in [0.3, 0.4) is 0 Å². The van der Waals surface area contributed by atoms with E-state index < -0.39 is 78.7 Å². The van der Waals surface area contributed by atoms with Gasteiger partial charge in [0.05, 0.1) is 18.9 Å². The molecule has 0 aromatic rings. The van der Waals surface area contributed by atoms with E-state index in [2.05, 4.69) is 17.9 Å². The molecule has 0 aliphatic rings. The largest absolute Gasteiger partial charge is 0.481 e. The summed E-state index contributed by atoms with van der Waals surface area (Å²) in [6, 6.07) is -6.28. The number of carboxylic acids is 2. The second-order valence-corrected chi connectivity index (χ2v) is 6.60. The molecule has 0 radical (unpaired) electrons. The Morgan fingerprint density at radius 3 is 1.67 bits per heavy atom. The fraction of sp³-hybridized carbons (Fsp3) is 0.600. The first kappa shape index (κ1) is 27.1. The summed E-state index contributed by atoms with van der Waals surface area (Å²) in [6.45, 7) is 1.21. The number of aliphatic carboxylic acids is 2. The number of primary amides is 1. The highest BCUT2D eigenvalue weighted by molar-refractivity contribution is 7.80. The van der Waals surface area contributed by atoms with Crippen LogP contribution in [-0.4, -0.2) is 86.9 Å². The third kappa shape index (κ3) is 9.53. The van der Waals surface area contributed by atoms with E-state index in [9.17, 15) is 33.9 Å². The van der Waals surface area contributed by atoms with Crippen molar-refractivity contribution in [3.63, 3.8) is 0 Å². The lowest BCUT2D eigenvalue weighted by molar-refractivity contribution is -0.143. The molecule has 0 aromatic carbocycles. The fourth-order valence-corrected chi connectivity index (χ4v) is 2.26. The summed E-state index contributed by atoms with van der Waals surface area (Å²) in [7, 11) is 0. The number of carbonyl (C=O) groups is 6. The first-order valence-electron chi connectivity index (χ1n) is 8.48. The molecule has 0 saturated carbocycles. The average Bonchev–Trinajstić information content (AvgIpc) is 2.62. The highest BCUT2D eigenvalue weighted by atomic mass is 32.1. The Kier molecular flexibility index (Phi) is 11.4. The summed E-state index contributed by atoms with van der Waals surface area (Å²) in [4.78, 5) is 69.9. The van der Waals surface area contributed by atoms with Crippen LogP contribution in [0.1, 0.15) is 19.8 Å². The maximum atomic E-state index is 12.5. The Balaban J connectivity index is 5.48. The molecule has 0 bridgehead atoms. The van der Waals surface area contributed by atoms with E-state index in [0.717, 1.165) is 0 Å². The van der Waals surface area contributed by atoms with Crippen molar-refractivity contribution in [3.05, 3.63) is 0 Å². The Bertz CT molecular complexity index is 687. The molecule has 14 nitrogen and oxygen atoms in total. The summed E-state index contributed by atoms with van der Waals surface area (Å²) in [5, 5.41) is 33.4. The Morgan fingerprint density at radius 1 is 0.867 bits per heavy atom. The predicted molar refractivity (Wildman–Crippen MR) is 103 cm³/mol. The first-order chi connectivity index (χ1) is 13.8. The molecule has 0 spiro atoms. The number of hydrogen-bond donors (Lipinski definition) is 9. The van der Waals surface area contributed by atoms with Gasteiger partial charge in [-0.25, -0.2) is 4.79 Å². The quantitative estimate of drug-likeness (QED) is 0.121. The third-order valence-corrected chi connectivity index (χ3v) is 4.03. The maximum absolute atomic E-state index is 12.5. The fourth-order valence-electron chi connectivity index (χ4n) is 2.01. The van der Waals surface area contributed by atoms with Crippen molar-refractivity contribution in [1.82, 2.24) is 16.0 Å². The summed E-state index contributed by atoms with van der Waals surface area (Å²) in [5.41, 5.74) is 10.5. The molecule has 0 aromatic heterocycles. The van der Waals surface area contributed by atoms with Gasteiger partial charge in [-0.2, -0.15) is 12.6 Å². The van der Waals surface area contributed by atoms with Gasteiger partial charge in [-0.05, 0) is 6.92 Å².